The first-order valence-corrected chi connectivity index (χ1v) is 5.85. The average molecular weight is 249 g/mol. The molecule has 0 bridgehead atoms. The van der Waals surface area contributed by atoms with E-state index in [1.165, 1.54) is 0 Å². The van der Waals surface area contributed by atoms with Crippen molar-refractivity contribution in [3.63, 3.8) is 0 Å². The number of amides is 1. The van der Waals surface area contributed by atoms with Gasteiger partial charge in [-0.2, -0.15) is 0 Å². The minimum Gasteiger partial charge on any atom is -0.445 e. The molecule has 1 rings (SSSR count). The summed E-state index contributed by atoms with van der Waals surface area (Å²) in [6.45, 7) is 7.28. The highest BCUT2D eigenvalue weighted by atomic mass is 16.5. The first-order valence-electron chi connectivity index (χ1n) is 5.85. The summed E-state index contributed by atoms with van der Waals surface area (Å²) in [4.78, 5) is 11.3. The van der Waals surface area contributed by atoms with E-state index in [4.69, 9.17) is 9.47 Å². The molecule has 0 aliphatic carbocycles. The van der Waals surface area contributed by atoms with Crippen molar-refractivity contribution in [2.75, 3.05) is 19.8 Å². The Morgan fingerprint density at radius 2 is 2.06 bits per heavy atom. The molecule has 0 aliphatic rings. The first-order chi connectivity index (χ1) is 8.68. The van der Waals surface area contributed by atoms with E-state index in [1.807, 2.05) is 37.3 Å². The second kappa shape index (κ2) is 8.31. The van der Waals surface area contributed by atoms with Gasteiger partial charge in [0.25, 0.3) is 0 Å². The summed E-state index contributed by atoms with van der Waals surface area (Å²) in [5.74, 6) is 0. The van der Waals surface area contributed by atoms with Crippen molar-refractivity contribution in [3.8, 4) is 0 Å². The fourth-order valence-electron chi connectivity index (χ4n) is 1.25. The van der Waals surface area contributed by atoms with Gasteiger partial charge >= 0.3 is 6.09 Å². The zero-order valence-corrected chi connectivity index (χ0v) is 10.6. The number of hydrogen-bond acceptors (Lipinski definition) is 3. The molecule has 0 saturated carbocycles. The van der Waals surface area contributed by atoms with E-state index in [0.29, 0.717) is 19.8 Å². The zero-order valence-electron chi connectivity index (χ0n) is 10.6. The molecule has 0 heterocycles. The summed E-state index contributed by atoms with van der Waals surface area (Å²) in [5, 5.41) is 2.61. The summed E-state index contributed by atoms with van der Waals surface area (Å²) < 4.78 is 10.3. The highest BCUT2D eigenvalue weighted by Gasteiger charge is 2.01. The molecule has 0 spiro atoms. The van der Waals surface area contributed by atoms with E-state index in [1.54, 1.807) is 0 Å². The topological polar surface area (TPSA) is 47.6 Å². The van der Waals surface area contributed by atoms with Crippen molar-refractivity contribution in [2.45, 2.75) is 13.5 Å². The van der Waals surface area contributed by atoms with E-state index in [2.05, 4.69) is 11.9 Å². The summed E-state index contributed by atoms with van der Waals surface area (Å²) in [5.41, 5.74) is 1.92. The van der Waals surface area contributed by atoms with Gasteiger partial charge in [0.05, 0.1) is 13.2 Å². The number of hydrogen-bond donors (Lipinski definition) is 1. The Labute approximate surface area is 108 Å². The molecule has 0 aliphatic heterocycles. The minimum atomic E-state index is -0.433. The molecule has 18 heavy (non-hydrogen) atoms. The van der Waals surface area contributed by atoms with Gasteiger partial charge in [-0.25, -0.2) is 4.79 Å². The maximum atomic E-state index is 11.3. The van der Waals surface area contributed by atoms with E-state index in [9.17, 15) is 4.79 Å². The fourth-order valence-corrected chi connectivity index (χ4v) is 1.25. The van der Waals surface area contributed by atoms with Crippen molar-refractivity contribution in [2.24, 2.45) is 0 Å². The molecule has 4 heteroatoms. The largest absolute Gasteiger partial charge is 0.445 e. The predicted molar refractivity (Wildman–Crippen MR) is 70.3 cm³/mol. The first kappa shape index (κ1) is 14.3. The maximum absolute atomic E-state index is 11.3. The zero-order chi connectivity index (χ0) is 13.2. The second-order valence-corrected chi connectivity index (χ2v) is 4.00. The van der Waals surface area contributed by atoms with Crippen LogP contribution in [0, 0.1) is 0 Å². The monoisotopic (exact) mass is 249 g/mol. The molecule has 1 amide bonds. The number of ether oxygens (including phenoxy) is 2. The summed E-state index contributed by atoms with van der Waals surface area (Å²) in [6, 6.07) is 9.54. The fraction of sp³-hybridized carbons (Fsp3) is 0.357. The molecular formula is C14H19NO3. The smallest absolute Gasteiger partial charge is 0.407 e. The average Bonchev–Trinajstić information content (AvgIpc) is 2.37. The Kier molecular flexibility index (Phi) is 6.58. The molecule has 0 aromatic heterocycles. The lowest BCUT2D eigenvalue weighted by Crippen LogP contribution is -2.28. The molecule has 0 saturated heterocycles. The normalized spacial score (nSPS) is 9.83. The third-order valence-corrected chi connectivity index (χ3v) is 2.08. The lowest BCUT2D eigenvalue weighted by molar-refractivity contribution is 0.127. The van der Waals surface area contributed by atoms with Crippen LogP contribution in [0.5, 0.6) is 0 Å². The van der Waals surface area contributed by atoms with Crippen LogP contribution in [0.25, 0.3) is 0 Å². The Morgan fingerprint density at radius 3 is 2.72 bits per heavy atom. The highest BCUT2D eigenvalue weighted by Crippen LogP contribution is 2.00. The lowest BCUT2D eigenvalue weighted by Gasteiger charge is -2.07. The van der Waals surface area contributed by atoms with Gasteiger partial charge in [-0.3, -0.25) is 0 Å². The van der Waals surface area contributed by atoms with Crippen LogP contribution in [-0.2, 0) is 16.1 Å². The number of rotatable bonds is 7. The molecular weight excluding hydrogens is 230 g/mol. The molecule has 1 aromatic carbocycles. The molecule has 0 atom stereocenters. The lowest BCUT2D eigenvalue weighted by atomic mass is 10.2. The summed E-state index contributed by atoms with van der Waals surface area (Å²) in [6.07, 6.45) is -0.433. The van der Waals surface area contributed by atoms with Gasteiger partial charge < -0.3 is 14.8 Å². The Balaban J connectivity index is 2.06. The Bertz CT molecular complexity index is 376. The van der Waals surface area contributed by atoms with Gasteiger partial charge in [-0.15, -0.1) is 0 Å². The number of carbonyl (C=O) groups is 1. The van der Waals surface area contributed by atoms with Gasteiger partial charge in [-0.1, -0.05) is 42.5 Å². The van der Waals surface area contributed by atoms with Crippen molar-refractivity contribution in [1.29, 1.82) is 0 Å². The highest BCUT2D eigenvalue weighted by molar-refractivity contribution is 5.67. The van der Waals surface area contributed by atoms with Crippen LogP contribution in [0.1, 0.15) is 12.5 Å². The van der Waals surface area contributed by atoms with Gasteiger partial charge in [0.15, 0.2) is 0 Å². The number of nitrogens with one attached hydrogen (secondary N) is 1. The molecule has 1 aromatic rings. The maximum Gasteiger partial charge on any atom is 0.407 e. The Hall–Kier alpha value is -1.81. The molecule has 1 N–H and O–H groups in total. The van der Waals surface area contributed by atoms with Crippen molar-refractivity contribution in [3.05, 3.63) is 48.0 Å². The standard InChI is InChI=1S/C14H19NO3/c1-12(2)10-17-9-8-15-14(16)18-11-13-6-4-3-5-7-13/h3-7H,1,8-11H2,2H3,(H,15,16). The van der Waals surface area contributed by atoms with E-state index in [0.717, 1.165) is 11.1 Å². The van der Waals surface area contributed by atoms with Crippen molar-refractivity contribution in [1.82, 2.24) is 5.32 Å². The molecule has 0 radical (unpaired) electrons. The summed E-state index contributed by atoms with van der Waals surface area (Å²) >= 11 is 0. The van der Waals surface area contributed by atoms with Gasteiger partial charge in [-0.05, 0) is 12.5 Å². The molecule has 98 valence electrons. The van der Waals surface area contributed by atoms with Gasteiger partial charge in [0.1, 0.15) is 6.61 Å². The molecule has 0 unspecified atom stereocenters. The van der Waals surface area contributed by atoms with E-state index in [-0.39, 0.29) is 6.61 Å². The SMILES string of the molecule is C=C(C)COCCNC(=O)OCc1ccccc1. The van der Waals surface area contributed by atoms with Crippen molar-refractivity contribution < 1.29 is 14.3 Å². The van der Waals surface area contributed by atoms with Crippen LogP contribution in [-0.4, -0.2) is 25.9 Å². The van der Waals surface area contributed by atoms with E-state index >= 15 is 0 Å². The molecule has 4 nitrogen and oxygen atoms in total. The Morgan fingerprint density at radius 1 is 1.33 bits per heavy atom. The van der Waals surface area contributed by atoms with Crippen LogP contribution in [0.15, 0.2) is 42.5 Å². The van der Waals surface area contributed by atoms with Gasteiger partial charge in [0.2, 0.25) is 0 Å². The minimum absolute atomic E-state index is 0.277. The van der Waals surface area contributed by atoms with Gasteiger partial charge in [0, 0.05) is 6.54 Å². The quantitative estimate of drug-likeness (QED) is 0.596. The molecule has 0 fully saturated rings. The predicted octanol–water partition coefficient (Wildman–Crippen LogP) is 2.51. The number of benzene rings is 1. The second-order valence-electron chi connectivity index (χ2n) is 4.00. The summed E-state index contributed by atoms with van der Waals surface area (Å²) in [7, 11) is 0. The third-order valence-electron chi connectivity index (χ3n) is 2.08. The van der Waals surface area contributed by atoms with Crippen molar-refractivity contribution >= 4 is 6.09 Å². The number of carbonyl (C=O) groups excluding carboxylic acids is 1. The number of alkyl carbamates (subject to hydrolysis) is 1. The van der Waals surface area contributed by atoms with Crippen LogP contribution >= 0.6 is 0 Å². The van der Waals surface area contributed by atoms with E-state index < -0.39 is 6.09 Å². The third kappa shape index (κ3) is 6.70. The van der Waals surface area contributed by atoms with Crippen LogP contribution in [0.3, 0.4) is 0 Å². The van der Waals surface area contributed by atoms with Crippen LogP contribution in [0.2, 0.25) is 0 Å². The van der Waals surface area contributed by atoms with Crippen LogP contribution in [0.4, 0.5) is 4.79 Å². The van der Waals surface area contributed by atoms with Crippen LogP contribution < -0.4 is 5.32 Å².